The lowest BCUT2D eigenvalue weighted by Gasteiger charge is -2.07. The molecule has 2 N–H and O–H groups in total. The number of benzene rings is 1. The van der Waals surface area contributed by atoms with Gasteiger partial charge in [0.2, 0.25) is 0 Å². The summed E-state index contributed by atoms with van der Waals surface area (Å²) in [6, 6.07) is 12.1. The molecule has 1 aromatic carbocycles. The topological polar surface area (TPSA) is 54.3 Å². The molecule has 0 atom stereocenters. The van der Waals surface area contributed by atoms with Crippen LogP contribution in [0.5, 0.6) is 0 Å². The molecule has 0 saturated carbocycles. The van der Waals surface area contributed by atoms with Gasteiger partial charge in [0.15, 0.2) is 0 Å². The van der Waals surface area contributed by atoms with E-state index < -0.39 is 0 Å². The second kappa shape index (κ2) is 7.53. The highest BCUT2D eigenvalue weighted by molar-refractivity contribution is 5.73. The molecule has 0 unspecified atom stereocenters. The predicted molar refractivity (Wildman–Crippen MR) is 83.2 cm³/mol. The highest BCUT2D eigenvalue weighted by Gasteiger charge is 2.06. The van der Waals surface area contributed by atoms with Crippen molar-refractivity contribution in [1.29, 1.82) is 0 Å². The molecule has 1 heterocycles. The van der Waals surface area contributed by atoms with Gasteiger partial charge in [-0.3, -0.25) is 0 Å². The number of aryl methyl sites for hydroxylation is 3. The Morgan fingerprint density at radius 1 is 1.14 bits per heavy atom. The molecule has 0 bridgehead atoms. The van der Waals surface area contributed by atoms with Gasteiger partial charge in [0, 0.05) is 18.7 Å². The molecule has 4 nitrogen and oxygen atoms in total. The molecule has 0 spiro atoms. The highest BCUT2D eigenvalue weighted by Crippen LogP contribution is 2.12. The van der Waals surface area contributed by atoms with E-state index in [1.54, 1.807) is 0 Å². The second-order valence-electron chi connectivity index (χ2n) is 5.14. The van der Waals surface area contributed by atoms with Gasteiger partial charge >= 0.3 is 6.03 Å². The summed E-state index contributed by atoms with van der Waals surface area (Å²) >= 11 is 0. The van der Waals surface area contributed by atoms with Crippen molar-refractivity contribution in [2.75, 3.05) is 6.54 Å². The normalized spacial score (nSPS) is 10.4. The van der Waals surface area contributed by atoms with E-state index in [9.17, 15) is 4.79 Å². The smallest absolute Gasteiger partial charge is 0.315 e. The maximum absolute atomic E-state index is 11.7. The quantitative estimate of drug-likeness (QED) is 0.800. The first-order valence-electron chi connectivity index (χ1n) is 7.26. The maximum Gasteiger partial charge on any atom is 0.315 e. The van der Waals surface area contributed by atoms with E-state index in [0.29, 0.717) is 13.1 Å². The summed E-state index contributed by atoms with van der Waals surface area (Å²) in [5.74, 6) is 1.73. The average Bonchev–Trinajstić information content (AvgIpc) is 2.80. The van der Waals surface area contributed by atoms with Crippen LogP contribution in [0, 0.1) is 13.8 Å². The van der Waals surface area contributed by atoms with Crippen LogP contribution in [0.1, 0.15) is 29.1 Å². The summed E-state index contributed by atoms with van der Waals surface area (Å²) in [5, 5.41) is 5.71. The van der Waals surface area contributed by atoms with Crippen LogP contribution in [0.4, 0.5) is 4.79 Å². The van der Waals surface area contributed by atoms with Crippen LogP contribution in [-0.4, -0.2) is 12.6 Å². The summed E-state index contributed by atoms with van der Waals surface area (Å²) in [4.78, 5) is 11.7. The highest BCUT2D eigenvalue weighted by atomic mass is 16.3. The zero-order valence-electron chi connectivity index (χ0n) is 12.6. The number of hydrogen-bond acceptors (Lipinski definition) is 2. The Balaban J connectivity index is 1.63. The van der Waals surface area contributed by atoms with Crippen LogP contribution in [0.15, 0.2) is 40.8 Å². The summed E-state index contributed by atoms with van der Waals surface area (Å²) in [6.07, 6.45) is 1.91. The van der Waals surface area contributed by atoms with Gasteiger partial charge in [-0.1, -0.05) is 30.3 Å². The lowest BCUT2D eigenvalue weighted by atomic mass is 10.1. The standard InChI is InChI=1S/C17H22N2O2/c1-13-11-16(14(2)21-13)12-19-17(20)18-10-6-9-15-7-4-3-5-8-15/h3-5,7-8,11H,6,9-10,12H2,1-2H3,(H2,18,19,20). The largest absolute Gasteiger partial charge is 0.466 e. The summed E-state index contributed by atoms with van der Waals surface area (Å²) in [7, 11) is 0. The molecule has 0 saturated heterocycles. The van der Waals surface area contributed by atoms with Crippen molar-refractivity contribution in [2.24, 2.45) is 0 Å². The third kappa shape index (κ3) is 4.99. The van der Waals surface area contributed by atoms with Crippen molar-refractivity contribution in [3.8, 4) is 0 Å². The Morgan fingerprint density at radius 2 is 1.90 bits per heavy atom. The van der Waals surface area contributed by atoms with Gasteiger partial charge in [0.25, 0.3) is 0 Å². The van der Waals surface area contributed by atoms with Crippen LogP contribution >= 0.6 is 0 Å². The van der Waals surface area contributed by atoms with E-state index in [1.165, 1.54) is 5.56 Å². The Morgan fingerprint density at radius 3 is 2.57 bits per heavy atom. The van der Waals surface area contributed by atoms with E-state index in [1.807, 2.05) is 38.1 Å². The summed E-state index contributed by atoms with van der Waals surface area (Å²) in [5.41, 5.74) is 2.32. The van der Waals surface area contributed by atoms with Crippen LogP contribution in [0.25, 0.3) is 0 Å². The molecule has 0 aliphatic carbocycles. The third-order valence-electron chi connectivity index (χ3n) is 3.35. The number of rotatable bonds is 6. The molecule has 1 aromatic heterocycles. The Labute approximate surface area is 125 Å². The number of amides is 2. The van der Waals surface area contributed by atoms with E-state index in [2.05, 4.69) is 22.8 Å². The zero-order valence-corrected chi connectivity index (χ0v) is 12.6. The molecule has 2 rings (SSSR count). The molecular weight excluding hydrogens is 264 g/mol. The molecule has 0 radical (unpaired) electrons. The van der Waals surface area contributed by atoms with Crippen LogP contribution < -0.4 is 10.6 Å². The fraction of sp³-hybridized carbons (Fsp3) is 0.353. The van der Waals surface area contributed by atoms with Crippen LogP contribution in [0.2, 0.25) is 0 Å². The van der Waals surface area contributed by atoms with Crippen molar-refractivity contribution >= 4 is 6.03 Å². The van der Waals surface area contributed by atoms with Crippen LogP contribution in [-0.2, 0) is 13.0 Å². The van der Waals surface area contributed by atoms with Gasteiger partial charge in [-0.25, -0.2) is 4.79 Å². The van der Waals surface area contributed by atoms with Crippen molar-refractivity contribution in [3.63, 3.8) is 0 Å². The van der Waals surface area contributed by atoms with Gasteiger partial charge in [-0.2, -0.15) is 0 Å². The second-order valence-corrected chi connectivity index (χ2v) is 5.14. The summed E-state index contributed by atoms with van der Waals surface area (Å²) in [6.45, 7) is 4.97. The first kappa shape index (κ1) is 15.2. The SMILES string of the molecule is Cc1cc(CNC(=O)NCCCc2ccccc2)c(C)o1. The molecule has 0 fully saturated rings. The maximum atomic E-state index is 11.7. The molecule has 2 amide bonds. The Kier molecular flexibility index (Phi) is 5.43. The molecule has 21 heavy (non-hydrogen) atoms. The Hall–Kier alpha value is -2.23. The van der Waals surface area contributed by atoms with E-state index >= 15 is 0 Å². The minimum absolute atomic E-state index is 0.138. The van der Waals surface area contributed by atoms with E-state index in [4.69, 9.17) is 4.42 Å². The van der Waals surface area contributed by atoms with Crippen LogP contribution in [0.3, 0.4) is 0 Å². The number of carbonyl (C=O) groups excluding carboxylic acids is 1. The molecule has 0 aliphatic rings. The van der Waals surface area contributed by atoms with Crippen molar-refractivity contribution < 1.29 is 9.21 Å². The van der Waals surface area contributed by atoms with Gasteiger partial charge < -0.3 is 15.1 Å². The lowest BCUT2D eigenvalue weighted by molar-refractivity contribution is 0.240. The van der Waals surface area contributed by atoms with Gasteiger partial charge in [0.05, 0.1) is 0 Å². The number of carbonyl (C=O) groups is 1. The zero-order chi connectivity index (χ0) is 15.1. The molecular formula is C17H22N2O2. The molecule has 4 heteroatoms. The molecule has 112 valence electrons. The number of nitrogens with one attached hydrogen (secondary N) is 2. The van der Waals surface area contributed by atoms with E-state index in [-0.39, 0.29) is 6.03 Å². The number of urea groups is 1. The first-order valence-corrected chi connectivity index (χ1v) is 7.26. The number of hydrogen-bond donors (Lipinski definition) is 2. The first-order chi connectivity index (χ1) is 10.1. The average molecular weight is 286 g/mol. The molecule has 0 aliphatic heterocycles. The fourth-order valence-corrected chi connectivity index (χ4v) is 2.24. The minimum Gasteiger partial charge on any atom is -0.466 e. The van der Waals surface area contributed by atoms with E-state index in [0.717, 1.165) is 29.9 Å². The Bertz CT molecular complexity index is 576. The minimum atomic E-state index is -0.138. The third-order valence-corrected chi connectivity index (χ3v) is 3.35. The van der Waals surface area contributed by atoms with Gasteiger partial charge in [-0.15, -0.1) is 0 Å². The van der Waals surface area contributed by atoms with Crippen molar-refractivity contribution in [2.45, 2.75) is 33.2 Å². The van der Waals surface area contributed by atoms with Gasteiger partial charge in [-0.05, 0) is 38.3 Å². The fourth-order valence-electron chi connectivity index (χ4n) is 2.24. The summed E-state index contributed by atoms with van der Waals surface area (Å²) < 4.78 is 5.42. The predicted octanol–water partition coefficient (Wildman–Crippen LogP) is 3.33. The monoisotopic (exact) mass is 286 g/mol. The van der Waals surface area contributed by atoms with Crippen molar-refractivity contribution in [1.82, 2.24) is 10.6 Å². The lowest BCUT2D eigenvalue weighted by Crippen LogP contribution is -2.35. The molecule has 2 aromatic rings. The van der Waals surface area contributed by atoms with Crippen molar-refractivity contribution in [3.05, 3.63) is 59.0 Å². The number of furan rings is 1. The van der Waals surface area contributed by atoms with Gasteiger partial charge in [0.1, 0.15) is 11.5 Å².